The molecule has 0 unspecified atom stereocenters. The van der Waals surface area contributed by atoms with Crippen molar-refractivity contribution in [2.75, 3.05) is 26.2 Å². The summed E-state index contributed by atoms with van der Waals surface area (Å²) < 4.78 is 0. The van der Waals surface area contributed by atoms with Crippen molar-refractivity contribution in [2.24, 2.45) is 17.8 Å². The molecule has 1 saturated heterocycles. The van der Waals surface area contributed by atoms with Crippen molar-refractivity contribution in [3.8, 4) is 0 Å². The molecule has 5 heteroatoms. The zero-order chi connectivity index (χ0) is 17.5. The zero-order valence-electron chi connectivity index (χ0n) is 15.6. The average Bonchev–Trinajstić information content (AvgIpc) is 2.55. The van der Waals surface area contributed by atoms with Crippen LogP contribution in [0.15, 0.2) is 0 Å². The van der Waals surface area contributed by atoms with Crippen molar-refractivity contribution >= 4 is 11.8 Å². The van der Waals surface area contributed by atoms with Crippen LogP contribution in [0.1, 0.15) is 59.3 Å². The standard InChI is InChI=1S/C19H35N3O2/c1-14(2)19(24)20-11-16-8-6-10-22(12-16)13-18(23)21-17-9-5-4-7-15(17)3/h14-17H,4-13H2,1-3H3,(H,20,24)(H,21,23)/t15-,16-,17-/m0/s1. The van der Waals surface area contributed by atoms with Gasteiger partial charge in [0.15, 0.2) is 0 Å². The molecule has 2 fully saturated rings. The van der Waals surface area contributed by atoms with Crippen molar-refractivity contribution in [2.45, 2.75) is 65.3 Å². The van der Waals surface area contributed by atoms with Crippen molar-refractivity contribution in [1.29, 1.82) is 0 Å². The van der Waals surface area contributed by atoms with Gasteiger partial charge in [0.05, 0.1) is 6.54 Å². The molecule has 5 nitrogen and oxygen atoms in total. The summed E-state index contributed by atoms with van der Waals surface area (Å²) >= 11 is 0. The fourth-order valence-corrected chi connectivity index (χ4v) is 3.90. The van der Waals surface area contributed by atoms with Gasteiger partial charge in [0.1, 0.15) is 0 Å². The van der Waals surface area contributed by atoms with Gasteiger partial charge in [-0.1, -0.05) is 33.6 Å². The second-order valence-corrected chi connectivity index (χ2v) is 8.08. The summed E-state index contributed by atoms with van der Waals surface area (Å²) in [5, 5.41) is 6.28. The number of hydrogen-bond donors (Lipinski definition) is 2. The van der Waals surface area contributed by atoms with Crippen LogP contribution in [-0.4, -0.2) is 48.9 Å². The Balaban J connectivity index is 1.71. The minimum absolute atomic E-state index is 0.0351. The number of piperidine rings is 1. The van der Waals surface area contributed by atoms with Gasteiger partial charge in [-0.3, -0.25) is 14.5 Å². The van der Waals surface area contributed by atoms with Gasteiger partial charge in [-0.25, -0.2) is 0 Å². The van der Waals surface area contributed by atoms with E-state index in [1.165, 1.54) is 19.3 Å². The molecule has 0 spiro atoms. The number of amides is 2. The van der Waals surface area contributed by atoms with E-state index in [2.05, 4.69) is 22.5 Å². The van der Waals surface area contributed by atoms with E-state index in [-0.39, 0.29) is 17.7 Å². The van der Waals surface area contributed by atoms with E-state index in [0.29, 0.717) is 24.4 Å². The van der Waals surface area contributed by atoms with Gasteiger partial charge in [-0.05, 0) is 44.1 Å². The molecule has 1 heterocycles. The minimum Gasteiger partial charge on any atom is -0.356 e. The maximum Gasteiger partial charge on any atom is 0.234 e. The molecule has 2 aliphatic rings. The fourth-order valence-electron chi connectivity index (χ4n) is 3.90. The molecule has 2 amide bonds. The van der Waals surface area contributed by atoms with Crippen LogP contribution in [0.3, 0.4) is 0 Å². The van der Waals surface area contributed by atoms with Crippen LogP contribution in [0, 0.1) is 17.8 Å². The molecular weight excluding hydrogens is 302 g/mol. The van der Waals surface area contributed by atoms with E-state index in [0.717, 1.165) is 38.9 Å². The third-order valence-corrected chi connectivity index (χ3v) is 5.52. The maximum atomic E-state index is 12.4. The maximum absolute atomic E-state index is 12.4. The van der Waals surface area contributed by atoms with Crippen LogP contribution < -0.4 is 10.6 Å². The first-order chi connectivity index (χ1) is 11.5. The zero-order valence-corrected chi connectivity index (χ0v) is 15.6. The number of carbonyl (C=O) groups is 2. The van der Waals surface area contributed by atoms with Crippen LogP contribution in [0.25, 0.3) is 0 Å². The van der Waals surface area contributed by atoms with Crippen LogP contribution in [-0.2, 0) is 9.59 Å². The Morgan fingerprint density at radius 1 is 1.12 bits per heavy atom. The second-order valence-electron chi connectivity index (χ2n) is 8.08. The van der Waals surface area contributed by atoms with Crippen molar-refractivity contribution in [3.63, 3.8) is 0 Å². The van der Waals surface area contributed by atoms with E-state index in [1.54, 1.807) is 0 Å². The molecule has 2 N–H and O–H groups in total. The molecule has 1 saturated carbocycles. The number of carbonyl (C=O) groups excluding carboxylic acids is 2. The lowest BCUT2D eigenvalue weighted by atomic mass is 9.86. The summed E-state index contributed by atoms with van der Waals surface area (Å²) in [5.41, 5.74) is 0. The predicted molar refractivity (Wildman–Crippen MR) is 96.6 cm³/mol. The molecule has 2 rings (SSSR count). The van der Waals surface area contributed by atoms with Crippen molar-refractivity contribution in [3.05, 3.63) is 0 Å². The Hall–Kier alpha value is -1.10. The Labute approximate surface area is 146 Å². The van der Waals surface area contributed by atoms with E-state index >= 15 is 0 Å². The SMILES string of the molecule is CC(C)C(=O)NC[C@@H]1CCCN(CC(=O)N[C@H]2CCCC[C@@H]2C)C1. The molecule has 1 aliphatic carbocycles. The van der Waals surface area contributed by atoms with Crippen LogP contribution in [0.4, 0.5) is 0 Å². The van der Waals surface area contributed by atoms with E-state index in [1.807, 2.05) is 13.8 Å². The normalized spacial score (nSPS) is 28.6. The van der Waals surface area contributed by atoms with Gasteiger partial charge < -0.3 is 10.6 Å². The van der Waals surface area contributed by atoms with Gasteiger partial charge in [0.2, 0.25) is 11.8 Å². The Kier molecular flexibility index (Phi) is 7.53. The van der Waals surface area contributed by atoms with Gasteiger partial charge in [0.25, 0.3) is 0 Å². The number of nitrogens with one attached hydrogen (secondary N) is 2. The first-order valence-electron chi connectivity index (χ1n) is 9.75. The highest BCUT2D eigenvalue weighted by Gasteiger charge is 2.25. The topological polar surface area (TPSA) is 61.4 Å². The average molecular weight is 338 g/mol. The summed E-state index contributed by atoms with van der Waals surface area (Å²) in [6, 6.07) is 0.358. The molecular formula is C19H35N3O2. The van der Waals surface area contributed by atoms with E-state index in [4.69, 9.17) is 0 Å². The molecule has 1 aliphatic heterocycles. The highest BCUT2D eigenvalue weighted by atomic mass is 16.2. The third kappa shape index (κ3) is 6.08. The van der Waals surface area contributed by atoms with Gasteiger partial charge >= 0.3 is 0 Å². The van der Waals surface area contributed by atoms with E-state index < -0.39 is 0 Å². The molecule has 24 heavy (non-hydrogen) atoms. The van der Waals surface area contributed by atoms with Crippen LogP contribution >= 0.6 is 0 Å². The third-order valence-electron chi connectivity index (χ3n) is 5.52. The van der Waals surface area contributed by atoms with Crippen molar-refractivity contribution in [1.82, 2.24) is 15.5 Å². The first kappa shape index (κ1) is 19.2. The summed E-state index contributed by atoms with van der Waals surface area (Å²) in [6.07, 6.45) is 7.12. The summed E-state index contributed by atoms with van der Waals surface area (Å²) in [5.74, 6) is 1.38. The lowest BCUT2D eigenvalue weighted by Gasteiger charge is -2.34. The fraction of sp³-hybridized carbons (Fsp3) is 0.895. The number of rotatable bonds is 6. The van der Waals surface area contributed by atoms with Crippen molar-refractivity contribution < 1.29 is 9.59 Å². The monoisotopic (exact) mass is 337 g/mol. The number of nitrogens with zero attached hydrogens (tertiary/aromatic N) is 1. The molecule has 0 bridgehead atoms. The van der Waals surface area contributed by atoms with E-state index in [9.17, 15) is 9.59 Å². The van der Waals surface area contributed by atoms with Crippen LogP contribution in [0.5, 0.6) is 0 Å². The van der Waals surface area contributed by atoms with Crippen LogP contribution in [0.2, 0.25) is 0 Å². The second kappa shape index (κ2) is 9.40. The summed E-state index contributed by atoms with van der Waals surface area (Å²) in [6.45, 7) is 9.21. The summed E-state index contributed by atoms with van der Waals surface area (Å²) in [4.78, 5) is 26.3. The van der Waals surface area contributed by atoms with Gasteiger partial charge in [-0.2, -0.15) is 0 Å². The minimum atomic E-state index is 0.0351. The number of likely N-dealkylation sites (tertiary alicyclic amines) is 1. The quantitative estimate of drug-likeness (QED) is 0.781. The first-order valence-corrected chi connectivity index (χ1v) is 9.75. The highest BCUT2D eigenvalue weighted by molar-refractivity contribution is 5.78. The van der Waals surface area contributed by atoms with Gasteiger partial charge in [0, 0.05) is 25.0 Å². The largest absolute Gasteiger partial charge is 0.356 e. The smallest absolute Gasteiger partial charge is 0.234 e. The molecule has 0 aromatic heterocycles. The van der Waals surface area contributed by atoms with Gasteiger partial charge in [-0.15, -0.1) is 0 Å². The molecule has 0 aromatic rings. The lowest BCUT2D eigenvalue weighted by molar-refractivity contribution is -0.125. The predicted octanol–water partition coefficient (Wildman–Crippen LogP) is 2.17. The molecule has 0 radical (unpaired) electrons. The highest BCUT2D eigenvalue weighted by Crippen LogP contribution is 2.23. The lowest BCUT2D eigenvalue weighted by Crippen LogP contribution is -2.48. The summed E-state index contributed by atoms with van der Waals surface area (Å²) in [7, 11) is 0. The Morgan fingerprint density at radius 2 is 1.88 bits per heavy atom. The molecule has 0 aromatic carbocycles. The Morgan fingerprint density at radius 3 is 2.58 bits per heavy atom. The molecule has 138 valence electrons. The number of hydrogen-bond acceptors (Lipinski definition) is 3. The molecule has 3 atom stereocenters. The Bertz CT molecular complexity index is 425.